The number of ether oxygens (including phenoxy) is 1. The Hall–Kier alpha value is -2.68. The van der Waals surface area contributed by atoms with Crippen LogP contribution in [0.15, 0.2) is 36.7 Å². The molecule has 7 nitrogen and oxygen atoms in total. The number of aryl methyl sites for hydroxylation is 1. The van der Waals surface area contributed by atoms with Gasteiger partial charge in [0.25, 0.3) is 0 Å². The van der Waals surface area contributed by atoms with Crippen LogP contribution in [0.2, 0.25) is 0 Å². The molecule has 146 valence electrons. The largest absolute Gasteiger partial charge is 0.433 e. The molecule has 1 saturated heterocycles. The number of anilines is 1. The van der Waals surface area contributed by atoms with Gasteiger partial charge in [-0.3, -0.25) is 4.90 Å². The molecule has 0 unspecified atom stereocenters. The van der Waals surface area contributed by atoms with Gasteiger partial charge in [-0.15, -0.1) is 0 Å². The lowest BCUT2D eigenvalue weighted by Gasteiger charge is -2.22. The van der Waals surface area contributed by atoms with E-state index >= 15 is 0 Å². The van der Waals surface area contributed by atoms with Crippen LogP contribution >= 0.6 is 0 Å². The van der Waals surface area contributed by atoms with Crippen molar-refractivity contribution in [2.24, 2.45) is 7.05 Å². The second-order valence-electron chi connectivity index (χ2n) is 6.38. The number of hydrogen-bond donors (Lipinski definition) is 1. The lowest BCUT2D eigenvalue weighted by Crippen LogP contribution is -2.38. The van der Waals surface area contributed by atoms with E-state index < -0.39 is 6.61 Å². The van der Waals surface area contributed by atoms with Crippen LogP contribution in [0, 0.1) is 0 Å². The summed E-state index contributed by atoms with van der Waals surface area (Å²) in [6, 6.07) is 5.86. The quantitative estimate of drug-likeness (QED) is 0.868. The van der Waals surface area contributed by atoms with E-state index in [1.54, 1.807) is 29.3 Å². The van der Waals surface area contributed by atoms with Crippen molar-refractivity contribution in [2.75, 3.05) is 31.5 Å². The van der Waals surface area contributed by atoms with E-state index in [2.05, 4.69) is 19.9 Å². The standard InChI is InChI=1S/C18H23F2N5O2/c1-23-10-7-21-16(23)13-24-8-4-9-25(12-11-24)18(26)22-14-5-2-3-6-15(14)27-17(19)20/h2-3,5-7,10,17H,4,8-9,11-13H2,1H3,(H,22,26). The molecule has 1 N–H and O–H groups in total. The Labute approximate surface area is 156 Å². The molecule has 0 saturated carbocycles. The number of benzene rings is 1. The van der Waals surface area contributed by atoms with Gasteiger partial charge in [-0.1, -0.05) is 12.1 Å². The minimum absolute atomic E-state index is 0.0490. The summed E-state index contributed by atoms with van der Waals surface area (Å²) in [5.41, 5.74) is 0.233. The second-order valence-corrected chi connectivity index (χ2v) is 6.38. The normalized spacial score (nSPS) is 15.6. The van der Waals surface area contributed by atoms with E-state index in [9.17, 15) is 13.6 Å². The van der Waals surface area contributed by atoms with E-state index in [-0.39, 0.29) is 17.5 Å². The molecule has 1 aliphatic rings. The van der Waals surface area contributed by atoms with Crippen LogP contribution in [0.25, 0.3) is 0 Å². The molecule has 27 heavy (non-hydrogen) atoms. The molecule has 1 aromatic heterocycles. The van der Waals surface area contributed by atoms with E-state index in [1.165, 1.54) is 6.07 Å². The van der Waals surface area contributed by atoms with Gasteiger partial charge < -0.3 is 19.5 Å². The number of halogens is 2. The third-order valence-corrected chi connectivity index (χ3v) is 4.51. The SMILES string of the molecule is Cn1ccnc1CN1CCCN(C(=O)Nc2ccccc2OC(F)F)CC1. The number of hydrogen-bond acceptors (Lipinski definition) is 4. The Morgan fingerprint density at radius 1 is 1.26 bits per heavy atom. The highest BCUT2D eigenvalue weighted by molar-refractivity contribution is 5.91. The van der Waals surface area contributed by atoms with Gasteiger partial charge in [-0.25, -0.2) is 9.78 Å². The number of nitrogens with one attached hydrogen (secondary N) is 1. The fraction of sp³-hybridized carbons (Fsp3) is 0.444. The van der Waals surface area contributed by atoms with Crippen LogP contribution in [0.5, 0.6) is 5.75 Å². The zero-order chi connectivity index (χ0) is 19.2. The highest BCUT2D eigenvalue weighted by Crippen LogP contribution is 2.26. The Kier molecular flexibility index (Phi) is 6.23. The van der Waals surface area contributed by atoms with Crippen molar-refractivity contribution in [2.45, 2.75) is 19.6 Å². The van der Waals surface area contributed by atoms with Gasteiger partial charge in [-0.2, -0.15) is 8.78 Å². The molecule has 1 aromatic carbocycles. The van der Waals surface area contributed by atoms with Gasteiger partial charge >= 0.3 is 12.6 Å². The first-order valence-corrected chi connectivity index (χ1v) is 8.81. The topological polar surface area (TPSA) is 62.6 Å². The van der Waals surface area contributed by atoms with E-state index in [1.807, 2.05) is 17.8 Å². The van der Waals surface area contributed by atoms with Crippen LogP contribution < -0.4 is 10.1 Å². The van der Waals surface area contributed by atoms with Gasteiger partial charge in [0, 0.05) is 45.6 Å². The summed E-state index contributed by atoms with van der Waals surface area (Å²) in [5, 5.41) is 2.68. The third kappa shape index (κ3) is 5.16. The fourth-order valence-electron chi connectivity index (χ4n) is 3.04. The van der Waals surface area contributed by atoms with Crippen molar-refractivity contribution in [3.05, 3.63) is 42.5 Å². The number of aromatic nitrogens is 2. The van der Waals surface area contributed by atoms with Crippen molar-refractivity contribution >= 4 is 11.7 Å². The number of rotatable bonds is 5. The van der Waals surface area contributed by atoms with E-state index in [4.69, 9.17) is 0 Å². The lowest BCUT2D eigenvalue weighted by molar-refractivity contribution is -0.0493. The molecular formula is C18H23F2N5O2. The summed E-state index contributed by atoms with van der Waals surface area (Å²) in [6.45, 7) is 0.511. The zero-order valence-electron chi connectivity index (χ0n) is 15.1. The Balaban J connectivity index is 1.58. The Morgan fingerprint density at radius 3 is 2.81 bits per heavy atom. The summed E-state index contributed by atoms with van der Waals surface area (Å²) in [4.78, 5) is 20.9. The number of urea groups is 1. The summed E-state index contributed by atoms with van der Waals surface area (Å²) < 4.78 is 31.5. The maximum Gasteiger partial charge on any atom is 0.387 e. The lowest BCUT2D eigenvalue weighted by atomic mass is 10.3. The number of alkyl halides is 2. The molecule has 1 aliphatic heterocycles. The number of carbonyl (C=O) groups is 1. The minimum atomic E-state index is -2.94. The number of amides is 2. The van der Waals surface area contributed by atoms with E-state index in [0.29, 0.717) is 13.1 Å². The van der Waals surface area contributed by atoms with E-state index in [0.717, 1.165) is 31.9 Å². The van der Waals surface area contributed by atoms with Gasteiger partial charge in [0.1, 0.15) is 11.6 Å². The summed E-state index contributed by atoms with van der Waals surface area (Å²) in [5.74, 6) is 0.929. The molecule has 3 rings (SSSR count). The molecule has 0 bridgehead atoms. The Morgan fingerprint density at radius 2 is 2.07 bits per heavy atom. The highest BCUT2D eigenvalue weighted by Gasteiger charge is 2.21. The zero-order valence-corrected chi connectivity index (χ0v) is 15.1. The molecule has 2 aromatic rings. The smallest absolute Gasteiger partial charge is 0.387 e. The van der Waals surface area contributed by atoms with Gasteiger partial charge in [0.05, 0.1) is 12.2 Å². The molecule has 2 heterocycles. The monoisotopic (exact) mass is 379 g/mol. The Bertz CT molecular complexity index is 768. The van der Waals surface area contributed by atoms with Crippen LogP contribution in [-0.4, -0.2) is 58.2 Å². The minimum Gasteiger partial charge on any atom is -0.433 e. The van der Waals surface area contributed by atoms with Crippen molar-refractivity contribution in [3.8, 4) is 5.75 Å². The molecule has 0 atom stereocenters. The number of imidazole rings is 1. The average Bonchev–Trinajstić information content (AvgIpc) is 2.89. The van der Waals surface area contributed by atoms with Crippen molar-refractivity contribution < 1.29 is 18.3 Å². The maximum absolute atomic E-state index is 12.6. The molecule has 1 fully saturated rings. The van der Waals surface area contributed by atoms with Crippen molar-refractivity contribution in [1.82, 2.24) is 19.4 Å². The predicted octanol–water partition coefficient (Wildman–Crippen LogP) is 2.76. The van der Waals surface area contributed by atoms with Crippen LogP contribution in [0.4, 0.5) is 19.3 Å². The molecule has 2 amide bonds. The van der Waals surface area contributed by atoms with Crippen LogP contribution in [0.1, 0.15) is 12.2 Å². The number of para-hydroxylation sites is 2. The highest BCUT2D eigenvalue weighted by atomic mass is 19.3. The van der Waals surface area contributed by atoms with Crippen LogP contribution in [0.3, 0.4) is 0 Å². The predicted molar refractivity (Wildman–Crippen MR) is 96.8 cm³/mol. The first kappa shape index (κ1) is 19.1. The molecular weight excluding hydrogens is 356 g/mol. The second kappa shape index (κ2) is 8.81. The molecule has 9 heteroatoms. The molecule has 0 radical (unpaired) electrons. The first-order valence-electron chi connectivity index (χ1n) is 8.81. The first-order chi connectivity index (χ1) is 13.0. The third-order valence-electron chi connectivity index (χ3n) is 4.51. The number of carbonyl (C=O) groups excluding carboxylic acids is 1. The van der Waals surface area contributed by atoms with Crippen molar-refractivity contribution in [1.29, 1.82) is 0 Å². The summed E-state index contributed by atoms with van der Waals surface area (Å²) in [6.07, 6.45) is 4.50. The average molecular weight is 379 g/mol. The van der Waals surface area contributed by atoms with Crippen LogP contribution in [-0.2, 0) is 13.6 Å². The fourth-order valence-corrected chi connectivity index (χ4v) is 3.04. The molecule has 0 aliphatic carbocycles. The van der Waals surface area contributed by atoms with Gasteiger partial charge in [0.2, 0.25) is 0 Å². The number of nitrogens with zero attached hydrogens (tertiary/aromatic N) is 4. The maximum atomic E-state index is 12.6. The summed E-state index contributed by atoms with van der Waals surface area (Å²) >= 11 is 0. The van der Waals surface area contributed by atoms with Crippen molar-refractivity contribution in [3.63, 3.8) is 0 Å². The molecule has 0 spiro atoms. The summed E-state index contributed by atoms with van der Waals surface area (Å²) in [7, 11) is 1.96. The van der Waals surface area contributed by atoms with Gasteiger partial charge in [-0.05, 0) is 18.6 Å². The van der Waals surface area contributed by atoms with Gasteiger partial charge in [0.15, 0.2) is 0 Å².